The quantitative estimate of drug-likeness (QED) is 0.672. The minimum absolute atomic E-state index is 0. The summed E-state index contributed by atoms with van der Waals surface area (Å²) >= 11 is 0. The molecule has 2 fully saturated rings. The molecule has 0 unspecified atom stereocenters. The topological polar surface area (TPSA) is 68.0 Å². The Bertz CT molecular complexity index is 365. The van der Waals surface area contributed by atoms with Crippen molar-refractivity contribution in [2.24, 2.45) is 5.73 Å². The lowest BCUT2D eigenvalue weighted by molar-refractivity contribution is -0.145. The van der Waals surface area contributed by atoms with Crippen LogP contribution in [0.5, 0.6) is 0 Å². The van der Waals surface area contributed by atoms with Crippen LogP contribution in [0.3, 0.4) is 0 Å². The highest BCUT2D eigenvalue weighted by Crippen LogP contribution is 2.23. The molecule has 150 valence electrons. The van der Waals surface area contributed by atoms with Gasteiger partial charge in [0.2, 0.25) is 0 Å². The molecular weight excluding hydrogens is 365 g/mol. The smallest absolute Gasteiger partial charge is 0.251 e. The Morgan fingerprint density at radius 2 is 1.80 bits per heavy atom. The molecule has 1 amide bonds. The SMILES string of the molecule is CCN(CC)CCOC1CCN(C(=O)[C@@H]2CC[C@H](CN)O2)CC1.Cl.Cl. The van der Waals surface area contributed by atoms with E-state index in [0.717, 1.165) is 65.0 Å². The van der Waals surface area contributed by atoms with Crippen LogP contribution in [-0.4, -0.2) is 79.9 Å². The Labute approximate surface area is 164 Å². The van der Waals surface area contributed by atoms with Crippen LogP contribution in [0.15, 0.2) is 0 Å². The van der Waals surface area contributed by atoms with E-state index in [2.05, 4.69) is 18.7 Å². The van der Waals surface area contributed by atoms with E-state index in [1.807, 2.05) is 4.90 Å². The third-order valence-corrected chi connectivity index (χ3v) is 5.06. The molecule has 2 aliphatic heterocycles. The van der Waals surface area contributed by atoms with Gasteiger partial charge in [-0.3, -0.25) is 4.79 Å². The number of carbonyl (C=O) groups is 1. The predicted octanol–water partition coefficient (Wildman–Crippen LogP) is 1.69. The van der Waals surface area contributed by atoms with Gasteiger partial charge in [-0.05, 0) is 38.8 Å². The zero-order chi connectivity index (χ0) is 16.7. The lowest BCUT2D eigenvalue weighted by Crippen LogP contribution is -2.46. The highest BCUT2D eigenvalue weighted by Gasteiger charge is 2.34. The largest absolute Gasteiger partial charge is 0.377 e. The Morgan fingerprint density at radius 3 is 2.32 bits per heavy atom. The van der Waals surface area contributed by atoms with Crippen molar-refractivity contribution < 1.29 is 14.3 Å². The highest BCUT2D eigenvalue weighted by atomic mass is 35.5. The standard InChI is InChI=1S/C17H33N3O3.2ClH/c1-3-19(4-2)11-12-22-14-7-9-20(10-8-14)17(21)16-6-5-15(13-18)23-16;;/h14-16H,3-13,18H2,1-2H3;2*1H/t15-,16+;;/m1../s1. The Kier molecular flexibility index (Phi) is 13.1. The lowest BCUT2D eigenvalue weighted by atomic mass is 10.1. The van der Waals surface area contributed by atoms with Gasteiger partial charge < -0.3 is 25.0 Å². The van der Waals surface area contributed by atoms with Gasteiger partial charge in [0.25, 0.3) is 5.91 Å². The van der Waals surface area contributed by atoms with E-state index in [1.54, 1.807) is 0 Å². The van der Waals surface area contributed by atoms with Crippen molar-refractivity contribution in [2.75, 3.05) is 45.9 Å². The average Bonchev–Trinajstić information content (AvgIpc) is 3.08. The number of ether oxygens (including phenoxy) is 2. The number of amides is 1. The summed E-state index contributed by atoms with van der Waals surface area (Å²) in [6.07, 6.45) is 3.64. The van der Waals surface area contributed by atoms with Crippen LogP contribution in [0.4, 0.5) is 0 Å². The Morgan fingerprint density at radius 1 is 1.16 bits per heavy atom. The number of hydrogen-bond donors (Lipinski definition) is 1. The van der Waals surface area contributed by atoms with Crippen molar-refractivity contribution in [1.29, 1.82) is 0 Å². The molecule has 25 heavy (non-hydrogen) atoms. The minimum Gasteiger partial charge on any atom is -0.377 e. The van der Waals surface area contributed by atoms with Gasteiger partial charge in [-0.15, -0.1) is 24.8 Å². The molecule has 0 aromatic carbocycles. The lowest BCUT2D eigenvalue weighted by Gasteiger charge is -2.33. The third kappa shape index (κ3) is 7.57. The first-order chi connectivity index (χ1) is 11.2. The average molecular weight is 400 g/mol. The monoisotopic (exact) mass is 399 g/mol. The fourth-order valence-electron chi connectivity index (χ4n) is 3.40. The summed E-state index contributed by atoms with van der Waals surface area (Å²) in [7, 11) is 0. The summed E-state index contributed by atoms with van der Waals surface area (Å²) in [5.74, 6) is 0.141. The molecule has 2 atom stereocenters. The van der Waals surface area contributed by atoms with Gasteiger partial charge in [0.15, 0.2) is 0 Å². The van der Waals surface area contributed by atoms with Gasteiger partial charge in [-0.1, -0.05) is 13.8 Å². The fraction of sp³-hybridized carbons (Fsp3) is 0.941. The number of likely N-dealkylation sites (tertiary alicyclic amines) is 1. The molecule has 6 nitrogen and oxygen atoms in total. The first kappa shape index (κ1) is 24.9. The van der Waals surface area contributed by atoms with E-state index in [1.165, 1.54) is 0 Å². The van der Waals surface area contributed by atoms with Crippen molar-refractivity contribution in [3.8, 4) is 0 Å². The zero-order valence-electron chi connectivity index (χ0n) is 15.5. The second-order valence-corrected chi connectivity index (χ2v) is 6.48. The van der Waals surface area contributed by atoms with Gasteiger partial charge in [-0.2, -0.15) is 0 Å². The van der Waals surface area contributed by atoms with Crippen LogP contribution in [0.2, 0.25) is 0 Å². The van der Waals surface area contributed by atoms with Crippen molar-refractivity contribution in [3.05, 3.63) is 0 Å². The van der Waals surface area contributed by atoms with Crippen LogP contribution in [0.25, 0.3) is 0 Å². The van der Waals surface area contributed by atoms with Gasteiger partial charge in [0.1, 0.15) is 6.10 Å². The summed E-state index contributed by atoms with van der Waals surface area (Å²) in [5.41, 5.74) is 5.61. The van der Waals surface area contributed by atoms with E-state index in [-0.39, 0.29) is 49.0 Å². The Balaban J connectivity index is 0.00000288. The molecule has 2 heterocycles. The molecule has 2 rings (SSSR count). The molecule has 2 saturated heterocycles. The molecule has 0 aromatic heterocycles. The summed E-state index contributed by atoms with van der Waals surface area (Å²) < 4.78 is 11.7. The maximum atomic E-state index is 12.5. The van der Waals surface area contributed by atoms with Crippen molar-refractivity contribution in [2.45, 2.75) is 57.8 Å². The summed E-state index contributed by atoms with van der Waals surface area (Å²) in [6, 6.07) is 0. The first-order valence-corrected chi connectivity index (χ1v) is 9.16. The first-order valence-electron chi connectivity index (χ1n) is 9.16. The summed E-state index contributed by atoms with van der Waals surface area (Å²) in [4.78, 5) is 16.8. The van der Waals surface area contributed by atoms with Gasteiger partial charge >= 0.3 is 0 Å². The van der Waals surface area contributed by atoms with Crippen LogP contribution < -0.4 is 5.73 Å². The summed E-state index contributed by atoms with van der Waals surface area (Å²) in [5, 5.41) is 0. The number of piperidine rings is 1. The minimum atomic E-state index is -0.274. The third-order valence-electron chi connectivity index (χ3n) is 5.06. The number of rotatable bonds is 8. The van der Waals surface area contributed by atoms with Crippen molar-refractivity contribution in [3.63, 3.8) is 0 Å². The van der Waals surface area contributed by atoms with Gasteiger partial charge in [0.05, 0.1) is 18.8 Å². The van der Waals surface area contributed by atoms with Crippen LogP contribution in [0, 0.1) is 0 Å². The van der Waals surface area contributed by atoms with Gasteiger partial charge in [0, 0.05) is 26.2 Å². The number of hydrogen-bond acceptors (Lipinski definition) is 5. The zero-order valence-corrected chi connectivity index (χ0v) is 17.2. The second-order valence-electron chi connectivity index (χ2n) is 6.48. The number of carbonyl (C=O) groups excluding carboxylic acids is 1. The number of nitrogens with zero attached hydrogens (tertiary/aromatic N) is 2. The van der Waals surface area contributed by atoms with E-state index < -0.39 is 0 Å². The van der Waals surface area contributed by atoms with E-state index in [4.69, 9.17) is 15.2 Å². The number of halogens is 2. The van der Waals surface area contributed by atoms with E-state index in [0.29, 0.717) is 6.54 Å². The van der Waals surface area contributed by atoms with E-state index >= 15 is 0 Å². The van der Waals surface area contributed by atoms with E-state index in [9.17, 15) is 4.79 Å². The number of nitrogens with two attached hydrogens (primary N) is 1. The van der Waals surface area contributed by atoms with Crippen LogP contribution in [0.1, 0.15) is 39.5 Å². The number of likely N-dealkylation sites (N-methyl/N-ethyl adjacent to an activating group) is 1. The second kappa shape index (κ2) is 13.1. The predicted molar refractivity (Wildman–Crippen MR) is 105 cm³/mol. The molecule has 0 aromatic rings. The van der Waals surface area contributed by atoms with Crippen LogP contribution >= 0.6 is 24.8 Å². The van der Waals surface area contributed by atoms with Gasteiger partial charge in [-0.25, -0.2) is 0 Å². The molecule has 2 N–H and O–H groups in total. The normalized spacial score (nSPS) is 24.1. The fourth-order valence-corrected chi connectivity index (χ4v) is 3.40. The molecular formula is C17H35Cl2N3O3. The van der Waals surface area contributed by atoms with Crippen LogP contribution in [-0.2, 0) is 14.3 Å². The molecule has 0 spiro atoms. The highest BCUT2D eigenvalue weighted by molar-refractivity contribution is 5.85. The molecule has 0 aliphatic carbocycles. The van der Waals surface area contributed by atoms with Crippen molar-refractivity contribution >= 4 is 30.7 Å². The molecule has 0 radical (unpaired) electrons. The maximum Gasteiger partial charge on any atom is 0.251 e. The molecule has 0 saturated carbocycles. The maximum absolute atomic E-state index is 12.5. The molecule has 8 heteroatoms. The molecule has 0 bridgehead atoms. The van der Waals surface area contributed by atoms with Crippen molar-refractivity contribution in [1.82, 2.24) is 9.80 Å². The Hall–Kier alpha value is -0.110. The summed E-state index contributed by atoms with van der Waals surface area (Å²) in [6.45, 7) is 10.3. The molecule has 2 aliphatic rings.